The van der Waals surface area contributed by atoms with Crippen LogP contribution in [0.2, 0.25) is 0 Å². The SMILES string of the molecule is CC(N)c1nc(C(=O)NC2CCC(O)CC2)cs1. The zero-order valence-electron chi connectivity index (χ0n) is 10.4. The molecule has 1 aromatic rings. The quantitative estimate of drug-likeness (QED) is 0.769. The van der Waals surface area contributed by atoms with Crippen molar-refractivity contribution in [3.05, 3.63) is 16.1 Å². The lowest BCUT2D eigenvalue weighted by atomic mass is 9.93. The molecular formula is C12H19N3O2S. The zero-order chi connectivity index (χ0) is 13.1. The van der Waals surface area contributed by atoms with Gasteiger partial charge in [-0.2, -0.15) is 0 Å². The number of aromatic nitrogens is 1. The molecule has 0 radical (unpaired) electrons. The number of aliphatic hydroxyl groups is 1. The molecule has 0 bridgehead atoms. The number of thiazole rings is 1. The van der Waals surface area contributed by atoms with Crippen LogP contribution in [-0.2, 0) is 0 Å². The van der Waals surface area contributed by atoms with Crippen LogP contribution in [0.4, 0.5) is 0 Å². The van der Waals surface area contributed by atoms with Gasteiger partial charge in [0.2, 0.25) is 0 Å². The standard InChI is InChI=1S/C12H19N3O2S/c1-7(13)12-15-10(6-18-12)11(17)14-8-2-4-9(16)5-3-8/h6-9,16H,2-5,13H2,1H3,(H,14,17). The third-order valence-electron chi connectivity index (χ3n) is 3.18. The molecule has 0 spiro atoms. The second-order valence-electron chi connectivity index (χ2n) is 4.84. The molecule has 1 heterocycles. The summed E-state index contributed by atoms with van der Waals surface area (Å²) in [5, 5.41) is 14.9. The minimum atomic E-state index is -0.206. The number of nitrogens with one attached hydrogen (secondary N) is 1. The maximum absolute atomic E-state index is 12.0. The lowest BCUT2D eigenvalue weighted by Gasteiger charge is -2.25. The van der Waals surface area contributed by atoms with E-state index in [-0.39, 0.29) is 24.1 Å². The summed E-state index contributed by atoms with van der Waals surface area (Å²) >= 11 is 1.41. The van der Waals surface area contributed by atoms with Gasteiger partial charge >= 0.3 is 0 Å². The molecule has 100 valence electrons. The fraction of sp³-hybridized carbons (Fsp3) is 0.667. The molecule has 1 unspecified atom stereocenters. The first-order chi connectivity index (χ1) is 8.56. The summed E-state index contributed by atoms with van der Waals surface area (Å²) in [4.78, 5) is 16.2. The third kappa shape index (κ3) is 3.28. The molecule has 1 fully saturated rings. The van der Waals surface area contributed by atoms with Crippen LogP contribution in [0.15, 0.2) is 5.38 Å². The summed E-state index contributed by atoms with van der Waals surface area (Å²) in [5.74, 6) is -0.139. The summed E-state index contributed by atoms with van der Waals surface area (Å²) in [6, 6.07) is 0.0164. The van der Waals surface area contributed by atoms with Crippen LogP contribution in [0.3, 0.4) is 0 Å². The Kier molecular flexibility index (Phi) is 4.31. The maximum atomic E-state index is 12.0. The van der Waals surface area contributed by atoms with Crippen molar-refractivity contribution in [2.75, 3.05) is 0 Å². The molecule has 1 atom stereocenters. The number of hydrogen-bond acceptors (Lipinski definition) is 5. The van der Waals surface area contributed by atoms with Gasteiger partial charge in [0, 0.05) is 11.4 Å². The molecule has 1 saturated carbocycles. The van der Waals surface area contributed by atoms with Crippen LogP contribution in [-0.4, -0.2) is 28.1 Å². The van der Waals surface area contributed by atoms with E-state index in [0.717, 1.165) is 30.7 Å². The number of hydrogen-bond donors (Lipinski definition) is 3. The Labute approximate surface area is 110 Å². The molecule has 1 amide bonds. The van der Waals surface area contributed by atoms with Crippen LogP contribution in [0, 0.1) is 0 Å². The van der Waals surface area contributed by atoms with Gasteiger partial charge in [-0.05, 0) is 32.6 Å². The summed E-state index contributed by atoms with van der Waals surface area (Å²) in [7, 11) is 0. The smallest absolute Gasteiger partial charge is 0.270 e. The number of aliphatic hydroxyl groups excluding tert-OH is 1. The Morgan fingerprint density at radius 1 is 1.56 bits per heavy atom. The highest BCUT2D eigenvalue weighted by atomic mass is 32.1. The Morgan fingerprint density at radius 3 is 2.78 bits per heavy atom. The summed E-state index contributed by atoms with van der Waals surface area (Å²) < 4.78 is 0. The predicted octanol–water partition coefficient (Wildman–Crippen LogP) is 1.20. The topological polar surface area (TPSA) is 88.2 Å². The maximum Gasteiger partial charge on any atom is 0.270 e. The van der Waals surface area contributed by atoms with Crippen molar-refractivity contribution in [1.29, 1.82) is 0 Å². The van der Waals surface area contributed by atoms with E-state index < -0.39 is 0 Å². The van der Waals surface area contributed by atoms with Gasteiger partial charge in [0.05, 0.1) is 12.1 Å². The molecule has 0 saturated heterocycles. The Hall–Kier alpha value is -0.980. The van der Waals surface area contributed by atoms with E-state index in [1.54, 1.807) is 5.38 Å². The highest BCUT2D eigenvalue weighted by molar-refractivity contribution is 7.09. The minimum Gasteiger partial charge on any atom is -0.393 e. The molecule has 4 N–H and O–H groups in total. The van der Waals surface area contributed by atoms with Gasteiger partial charge in [-0.15, -0.1) is 11.3 Å². The molecular weight excluding hydrogens is 250 g/mol. The van der Waals surface area contributed by atoms with E-state index >= 15 is 0 Å². The van der Waals surface area contributed by atoms with Crippen molar-refractivity contribution in [1.82, 2.24) is 10.3 Å². The average Bonchev–Trinajstić information content (AvgIpc) is 2.81. The Morgan fingerprint density at radius 2 is 2.22 bits per heavy atom. The van der Waals surface area contributed by atoms with E-state index in [9.17, 15) is 9.90 Å². The van der Waals surface area contributed by atoms with Crippen LogP contribution >= 0.6 is 11.3 Å². The number of amides is 1. The van der Waals surface area contributed by atoms with Gasteiger partial charge in [-0.25, -0.2) is 4.98 Å². The van der Waals surface area contributed by atoms with Gasteiger partial charge in [0.25, 0.3) is 5.91 Å². The molecule has 6 heteroatoms. The lowest BCUT2D eigenvalue weighted by molar-refractivity contribution is 0.0863. The van der Waals surface area contributed by atoms with Crippen molar-refractivity contribution in [2.24, 2.45) is 5.73 Å². The van der Waals surface area contributed by atoms with Crippen molar-refractivity contribution in [3.63, 3.8) is 0 Å². The van der Waals surface area contributed by atoms with Crippen molar-refractivity contribution in [3.8, 4) is 0 Å². The van der Waals surface area contributed by atoms with Gasteiger partial charge in [-0.3, -0.25) is 4.79 Å². The van der Waals surface area contributed by atoms with Crippen LogP contribution in [0.1, 0.15) is 54.1 Å². The molecule has 5 nitrogen and oxygen atoms in total. The normalized spacial score (nSPS) is 25.7. The fourth-order valence-corrected chi connectivity index (χ4v) is 2.84. The predicted molar refractivity (Wildman–Crippen MR) is 70.4 cm³/mol. The lowest BCUT2D eigenvalue weighted by Crippen LogP contribution is -2.38. The zero-order valence-corrected chi connectivity index (χ0v) is 11.2. The molecule has 1 aromatic heterocycles. The molecule has 18 heavy (non-hydrogen) atoms. The average molecular weight is 269 g/mol. The number of carbonyl (C=O) groups is 1. The van der Waals surface area contributed by atoms with Crippen molar-refractivity contribution < 1.29 is 9.90 Å². The second-order valence-corrected chi connectivity index (χ2v) is 5.73. The summed E-state index contributed by atoms with van der Waals surface area (Å²) in [6.45, 7) is 1.85. The highest BCUT2D eigenvalue weighted by Crippen LogP contribution is 2.20. The van der Waals surface area contributed by atoms with Gasteiger partial charge in [0.15, 0.2) is 0 Å². The summed E-state index contributed by atoms with van der Waals surface area (Å²) in [5.41, 5.74) is 6.16. The largest absolute Gasteiger partial charge is 0.393 e. The van der Waals surface area contributed by atoms with Crippen molar-refractivity contribution >= 4 is 17.2 Å². The summed E-state index contributed by atoms with van der Waals surface area (Å²) in [6.07, 6.45) is 2.97. The first-order valence-corrected chi connectivity index (χ1v) is 7.14. The monoisotopic (exact) mass is 269 g/mol. The van der Waals surface area contributed by atoms with E-state index in [2.05, 4.69) is 10.3 Å². The van der Waals surface area contributed by atoms with Crippen LogP contribution in [0.25, 0.3) is 0 Å². The van der Waals surface area contributed by atoms with Crippen molar-refractivity contribution in [2.45, 2.75) is 50.8 Å². The molecule has 0 aromatic carbocycles. The number of rotatable bonds is 3. The van der Waals surface area contributed by atoms with Gasteiger partial charge in [-0.1, -0.05) is 0 Å². The van der Waals surface area contributed by atoms with E-state index in [1.165, 1.54) is 11.3 Å². The third-order valence-corrected chi connectivity index (χ3v) is 4.22. The van der Waals surface area contributed by atoms with E-state index in [1.807, 2.05) is 6.92 Å². The van der Waals surface area contributed by atoms with Crippen LogP contribution < -0.4 is 11.1 Å². The fourth-order valence-electron chi connectivity index (χ4n) is 2.08. The Bertz CT molecular complexity index is 411. The molecule has 2 rings (SSSR count). The number of nitrogens with two attached hydrogens (primary N) is 1. The van der Waals surface area contributed by atoms with Gasteiger partial charge < -0.3 is 16.2 Å². The number of nitrogens with zero attached hydrogens (tertiary/aromatic N) is 1. The first-order valence-electron chi connectivity index (χ1n) is 6.26. The van der Waals surface area contributed by atoms with E-state index in [0.29, 0.717) is 5.69 Å². The van der Waals surface area contributed by atoms with Crippen LogP contribution in [0.5, 0.6) is 0 Å². The molecule has 0 aliphatic heterocycles. The first kappa shape index (κ1) is 13.5. The van der Waals surface area contributed by atoms with E-state index in [4.69, 9.17) is 5.73 Å². The molecule has 1 aliphatic carbocycles. The Balaban J connectivity index is 1.91. The minimum absolute atomic E-state index is 0.138. The van der Waals surface area contributed by atoms with Gasteiger partial charge in [0.1, 0.15) is 10.7 Å². The highest BCUT2D eigenvalue weighted by Gasteiger charge is 2.22. The molecule has 1 aliphatic rings. The second kappa shape index (κ2) is 5.77. The number of carbonyl (C=O) groups excluding carboxylic acids is 1.